The maximum atomic E-state index is 8.83. The summed E-state index contributed by atoms with van der Waals surface area (Å²) in [7, 11) is 0. The van der Waals surface area contributed by atoms with Crippen LogP contribution in [0.5, 0.6) is 0 Å². The van der Waals surface area contributed by atoms with Crippen molar-refractivity contribution in [2.45, 2.75) is 32.2 Å². The Morgan fingerprint density at radius 2 is 2.31 bits per heavy atom. The zero-order chi connectivity index (χ0) is 9.73. The number of rotatable bonds is 5. The van der Waals surface area contributed by atoms with Crippen molar-refractivity contribution in [1.29, 1.82) is 0 Å². The predicted molar refractivity (Wildman–Crippen MR) is 52.7 cm³/mol. The second-order valence-electron chi connectivity index (χ2n) is 4.47. The van der Waals surface area contributed by atoms with E-state index in [1.165, 1.54) is 6.42 Å². The molecule has 0 aromatic heterocycles. The molecular formula is C10H21NO2. The van der Waals surface area contributed by atoms with Crippen molar-refractivity contribution in [1.82, 2.24) is 5.32 Å². The lowest BCUT2D eigenvalue weighted by Gasteiger charge is -2.26. The van der Waals surface area contributed by atoms with Gasteiger partial charge in [-0.05, 0) is 32.6 Å². The first-order valence-electron chi connectivity index (χ1n) is 5.08. The highest BCUT2D eigenvalue weighted by Gasteiger charge is 2.20. The fraction of sp³-hybridized carbons (Fsp3) is 1.00. The molecule has 1 rings (SSSR count). The molecule has 0 aromatic rings. The Hall–Kier alpha value is -0.120. The Balaban J connectivity index is 2.15. The minimum Gasteiger partial charge on any atom is -0.396 e. The third kappa shape index (κ3) is 4.07. The van der Waals surface area contributed by atoms with Gasteiger partial charge in [-0.25, -0.2) is 0 Å². The van der Waals surface area contributed by atoms with E-state index in [4.69, 9.17) is 9.84 Å². The minimum atomic E-state index is 0.0529. The van der Waals surface area contributed by atoms with Crippen molar-refractivity contribution in [3.63, 3.8) is 0 Å². The van der Waals surface area contributed by atoms with Crippen LogP contribution in [0.4, 0.5) is 0 Å². The molecular weight excluding hydrogens is 166 g/mol. The van der Waals surface area contributed by atoms with Crippen molar-refractivity contribution < 1.29 is 9.84 Å². The lowest BCUT2D eigenvalue weighted by Crippen LogP contribution is -2.42. The molecule has 0 saturated carbocycles. The zero-order valence-electron chi connectivity index (χ0n) is 8.68. The summed E-state index contributed by atoms with van der Waals surface area (Å²) < 4.78 is 5.29. The van der Waals surface area contributed by atoms with Crippen molar-refractivity contribution in [3.8, 4) is 0 Å². The van der Waals surface area contributed by atoms with Crippen LogP contribution < -0.4 is 5.32 Å². The van der Waals surface area contributed by atoms with E-state index in [9.17, 15) is 0 Å². The number of nitrogens with one attached hydrogen (secondary N) is 1. The van der Waals surface area contributed by atoms with Gasteiger partial charge in [0, 0.05) is 25.3 Å². The molecule has 1 aliphatic rings. The number of ether oxygens (including phenoxy) is 1. The molecule has 1 fully saturated rings. The largest absolute Gasteiger partial charge is 0.396 e. The summed E-state index contributed by atoms with van der Waals surface area (Å²) in [6.45, 7) is 7.31. The predicted octanol–water partition coefficient (Wildman–Crippen LogP) is 0.774. The van der Waals surface area contributed by atoms with Crippen LogP contribution >= 0.6 is 0 Å². The van der Waals surface area contributed by atoms with Gasteiger partial charge in [-0.1, -0.05) is 0 Å². The lowest BCUT2D eigenvalue weighted by molar-refractivity contribution is 0.180. The minimum absolute atomic E-state index is 0.0529. The summed E-state index contributed by atoms with van der Waals surface area (Å²) in [4.78, 5) is 0. The average molecular weight is 187 g/mol. The molecule has 1 saturated heterocycles. The van der Waals surface area contributed by atoms with E-state index in [0.29, 0.717) is 5.92 Å². The van der Waals surface area contributed by atoms with Gasteiger partial charge in [-0.2, -0.15) is 0 Å². The Morgan fingerprint density at radius 1 is 1.54 bits per heavy atom. The van der Waals surface area contributed by atoms with E-state index in [-0.39, 0.29) is 12.1 Å². The summed E-state index contributed by atoms with van der Waals surface area (Å²) in [5, 5.41) is 12.3. The molecule has 13 heavy (non-hydrogen) atoms. The molecule has 1 aliphatic heterocycles. The van der Waals surface area contributed by atoms with Gasteiger partial charge in [0.05, 0.1) is 6.61 Å². The topological polar surface area (TPSA) is 41.5 Å². The van der Waals surface area contributed by atoms with Crippen LogP contribution in [-0.4, -0.2) is 37.0 Å². The van der Waals surface area contributed by atoms with Crippen LogP contribution in [-0.2, 0) is 4.74 Å². The van der Waals surface area contributed by atoms with Crippen LogP contribution in [0.15, 0.2) is 0 Å². The highest BCUT2D eigenvalue weighted by atomic mass is 16.5. The molecule has 0 radical (unpaired) electrons. The number of hydrogen-bond acceptors (Lipinski definition) is 3. The van der Waals surface area contributed by atoms with Crippen LogP contribution in [0.25, 0.3) is 0 Å². The van der Waals surface area contributed by atoms with Gasteiger partial charge < -0.3 is 15.2 Å². The lowest BCUT2D eigenvalue weighted by atomic mass is 9.99. The Labute approximate surface area is 80.5 Å². The van der Waals surface area contributed by atoms with E-state index in [1.807, 2.05) is 0 Å². The summed E-state index contributed by atoms with van der Waals surface area (Å²) in [6.07, 6.45) is 1.97. The summed E-state index contributed by atoms with van der Waals surface area (Å²) >= 11 is 0. The maximum Gasteiger partial charge on any atom is 0.0507 e. The van der Waals surface area contributed by atoms with E-state index < -0.39 is 0 Å². The van der Waals surface area contributed by atoms with Crippen LogP contribution in [0.1, 0.15) is 26.7 Å². The number of aliphatic hydroxyl groups is 1. The van der Waals surface area contributed by atoms with Crippen molar-refractivity contribution in [3.05, 3.63) is 0 Å². The van der Waals surface area contributed by atoms with E-state index in [2.05, 4.69) is 19.2 Å². The number of hydrogen-bond donors (Lipinski definition) is 2. The molecule has 0 amide bonds. The first kappa shape index (κ1) is 11.0. The molecule has 0 aromatic carbocycles. The Kier molecular flexibility index (Phi) is 4.16. The van der Waals surface area contributed by atoms with Gasteiger partial charge >= 0.3 is 0 Å². The van der Waals surface area contributed by atoms with E-state index in [0.717, 1.165) is 26.2 Å². The fourth-order valence-corrected chi connectivity index (χ4v) is 1.53. The van der Waals surface area contributed by atoms with E-state index >= 15 is 0 Å². The Bertz CT molecular complexity index is 142. The molecule has 2 N–H and O–H groups in total. The molecule has 1 unspecified atom stereocenters. The third-order valence-electron chi connectivity index (χ3n) is 2.63. The molecule has 1 atom stereocenters. The smallest absolute Gasteiger partial charge is 0.0507 e. The number of aliphatic hydroxyl groups excluding tert-OH is 1. The summed E-state index contributed by atoms with van der Waals surface area (Å²) in [6, 6.07) is 0. The van der Waals surface area contributed by atoms with Gasteiger partial charge in [0.1, 0.15) is 0 Å². The van der Waals surface area contributed by atoms with Gasteiger partial charge in [0.25, 0.3) is 0 Å². The van der Waals surface area contributed by atoms with E-state index in [1.54, 1.807) is 0 Å². The highest BCUT2D eigenvalue weighted by molar-refractivity contribution is 4.79. The normalized spacial score (nSPS) is 23.8. The molecule has 3 heteroatoms. The first-order valence-corrected chi connectivity index (χ1v) is 5.08. The molecule has 78 valence electrons. The van der Waals surface area contributed by atoms with Gasteiger partial charge in [0.2, 0.25) is 0 Å². The van der Waals surface area contributed by atoms with Crippen molar-refractivity contribution in [2.75, 3.05) is 26.4 Å². The van der Waals surface area contributed by atoms with Gasteiger partial charge in [0.15, 0.2) is 0 Å². The van der Waals surface area contributed by atoms with Gasteiger partial charge in [-0.15, -0.1) is 0 Å². The molecule has 3 nitrogen and oxygen atoms in total. The summed E-state index contributed by atoms with van der Waals surface area (Å²) in [5.41, 5.74) is 0.0529. The highest BCUT2D eigenvalue weighted by Crippen LogP contribution is 2.14. The maximum absolute atomic E-state index is 8.83. The molecule has 1 heterocycles. The molecule has 0 spiro atoms. The third-order valence-corrected chi connectivity index (χ3v) is 2.63. The standard InChI is InChI=1S/C10H21NO2/c1-10(2,4-5-12)11-7-9-3-6-13-8-9/h9,11-12H,3-8H2,1-2H3. The molecule has 0 bridgehead atoms. The quantitative estimate of drug-likeness (QED) is 0.668. The monoisotopic (exact) mass is 187 g/mol. The van der Waals surface area contributed by atoms with Gasteiger partial charge in [-0.3, -0.25) is 0 Å². The van der Waals surface area contributed by atoms with Crippen LogP contribution in [0, 0.1) is 5.92 Å². The zero-order valence-corrected chi connectivity index (χ0v) is 8.68. The second kappa shape index (κ2) is 4.94. The van der Waals surface area contributed by atoms with Crippen LogP contribution in [0.3, 0.4) is 0 Å². The SMILES string of the molecule is CC(C)(CCO)NCC1CCOC1. The molecule has 0 aliphatic carbocycles. The van der Waals surface area contributed by atoms with Crippen LogP contribution in [0.2, 0.25) is 0 Å². The van der Waals surface area contributed by atoms with Crippen molar-refractivity contribution >= 4 is 0 Å². The Morgan fingerprint density at radius 3 is 2.85 bits per heavy atom. The average Bonchev–Trinajstić information content (AvgIpc) is 2.52. The fourth-order valence-electron chi connectivity index (χ4n) is 1.53. The van der Waals surface area contributed by atoms with Crippen molar-refractivity contribution in [2.24, 2.45) is 5.92 Å². The second-order valence-corrected chi connectivity index (χ2v) is 4.47. The first-order chi connectivity index (χ1) is 6.14. The summed E-state index contributed by atoms with van der Waals surface area (Å²) in [5.74, 6) is 0.665.